The lowest BCUT2D eigenvalue weighted by Crippen LogP contribution is -2.13. The van der Waals surface area contributed by atoms with Gasteiger partial charge in [-0.1, -0.05) is 0 Å². The predicted molar refractivity (Wildman–Crippen MR) is 96.6 cm³/mol. The average Bonchev–Trinajstić information content (AvgIpc) is 3.16. The summed E-state index contributed by atoms with van der Waals surface area (Å²) in [6, 6.07) is 12.0. The van der Waals surface area contributed by atoms with Crippen LogP contribution in [0, 0.1) is 0 Å². The second-order valence-electron chi connectivity index (χ2n) is 5.44. The van der Waals surface area contributed by atoms with Crippen molar-refractivity contribution in [1.82, 2.24) is 14.8 Å². The van der Waals surface area contributed by atoms with Crippen LogP contribution in [0.1, 0.15) is 17.3 Å². The molecule has 8 heteroatoms. The minimum atomic E-state index is -0.269. The molecule has 0 spiro atoms. The van der Waals surface area contributed by atoms with Crippen molar-refractivity contribution in [3.63, 3.8) is 0 Å². The van der Waals surface area contributed by atoms with Crippen LogP contribution >= 0.6 is 0 Å². The van der Waals surface area contributed by atoms with E-state index in [1.54, 1.807) is 53.5 Å². The number of hydrogen-bond acceptors (Lipinski definition) is 5. The third-order valence-electron chi connectivity index (χ3n) is 3.58. The molecular formula is C18H17N5O3. The van der Waals surface area contributed by atoms with Crippen molar-refractivity contribution in [2.45, 2.75) is 6.92 Å². The molecule has 3 rings (SSSR count). The topological polar surface area (TPSA) is 98.1 Å². The van der Waals surface area contributed by atoms with Crippen molar-refractivity contribution in [3.05, 3.63) is 60.7 Å². The normalized spacial score (nSPS) is 10.2. The summed E-state index contributed by atoms with van der Waals surface area (Å²) in [5.41, 5.74) is 2.32. The third-order valence-corrected chi connectivity index (χ3v) is 3.58. The van der Waals surface area contributed by atoms with Gasteiger partial charge < -0.3 is 15.4 Å². The van der Waals surface area contributed by atoms with E-state index in [9.17, 15) is 9.59 Å². The Bertz CT molecular complexity index is 921. The number of aromatic nitrogens is 3. The lowest BCUT2D eigenvalue weighted by atomic mass is 10.2. The summed E-state index contributed by atoms with van der Waals surface area (Å²) in [6.45, 7) is 1.40. The number of nitrogens with one attached hydrogen (secondary N) is 2. The number of carbonyl (C=O) groups excluding carboxylic acids is 2. The molecule has 3 aromatic rings. The van der Waals surface area contributed by atoms with E-state index in [-0.39, 0.29) is 11.8 Å². The van der Waals surface area contributed by atoms with Crippen molar-refractivity contribution in [2.24, 2.45) is 0 Å². The van der Waals surface area contributed by atoms with Crippen molar-refractivity contribution >= 4 is 23.2 Å². The zero-order valence-electron chi connectivity index (χ0n) is 14.3. The van der Waals surface area contributed by atoms with Crippen LogP contribution in [0.25, 0.3) is 5.69 Å². The van der Waals surface area contributed by atoms with Gasteiger partial charge in [0.1, 0.15) is 18.4 Å². The third kappa shape index (κ3) is 3.86. The molecule has 0 atom stereocenters. The lowest BCUT2D eigenvalue weighted by molar-refractivity contribution is -0.114. The Kier molecular flexibility index (Phi) is 4.93. The highest BCUT2D eigenvalue weighted by molar-refractivity contribution is 6.05. The van der Waals surface area contributed by atoms with Gasteiger partial charge in [0.2, 0.25) is 5.91 Å². The van der Waals surface area contributed by atoms with E-state index in [0.29, 0.717) is 22.7 Å². The summed E-state index contributed by atoms with van der Waals surface area (Å²) in [5, 5.41) is 9.50. The second kappa shape index (κ2) is 7.47. The molecule has 8 nitrogen and oxygen atoms in total. The van der Waals surface area contributed by atoms with Gasteiger partial charge in [-0.2, -0.15) is 5.10 Å². The Balaban J connectivity index is 1.76. The van der Waals surface area contributed by atoms with Crippen LogP contribution < -0.4 is 15.4 Å². The quantitative estimate of drug-likeness (QED) is 0.736. The molecule has 132 valence electrons. The van der Waals surface area contributed by atoms with Crippen LogP contribution in [0.5, 0.6) is 5.75 Å². The molecule has 0 aliphatic carbocycles. The number of hydrogen-bond donors (Lipinski definition) is 2. The molecule has 0 aliphatic heterocycles. The maximum absolute atomic E-state index is 12.4. The van der Waals surface area contributed by atoms with Crippen molar-refractivity contribution in [1.29, 1.82) is 0 Å². The molecule has 0 radical (unpaired) electrons. The Morgan fingerprint density at radius 2 is 1.85 bits per heavy atom. The van der Waals surface area contributed by atoms with E-state index in [2.05, 4.69) is 20.7 Å². The predicted octanol–water partition coefficient (Wildman–Crippen LogP) is 2.49. The van der Waals surface area contributed by atoms with Gasteiger partial charge in [0.25, 0.3) is 5.91 Å². The first-order valence-corrected chi connectivity index (χ1v) is 7.79. The van der Waals surface area contributed by atoms with Gasteiger partial charge in [0, 0.05) is 18.2 Å². The molecule has 1 heterocycles. The summed E-state index contributed by atoms with van der Waals surface area (Å²) in [4.78, 5) is 27.6. The SMILES string of the molecule is COc1ccc(NC(=O)c2ccc(-n3cncn3)cc2)cc1NC(C)=O. The van der Waals surface area contributed by atoms with E-state index in [0.717, 1.165) is 5.69 Å². The molecule has 1 aromatic heterocycles. The summed E-state index contributed by atoms with van der Waals surface area (Å²) in [5.74, 6) is 0.0138. The second-order valence-corrected chi connectivity index (χ2v) is 5.44. The number of benzene rings is 2. The van der Waals surface area contributed by atoms with Gasteiger partial charge in [-0.05, 0) is 42.5 Å². The first-order chi connectivity index (χ1) is 12.6. The highest BCUT2D eigenvalue weighted by Crippen LogP contribution is 2.28. The molecule has 0 unspecified atom stereocenters. The molecular weight excluding hydrogens is 334 g/mol. The van der Waals surface area contributed by atoms with E-state index < -0.39 is 0 Å². The molecule has 0 aliphatic rings. The van der Waals surface area contributed by atoms with Crippen molar-refractivity contribution in [2.75, 3.05) is 17.7 Å². The summed E-state index contributed by atoms with van der Waals surface area (Å²) in [6.07, 6.45) is 3.02. The van der Waals surface area contributed by atoms with Gasteiger partial charge in [-0.25, -0.2) is 9.67 Å². The van der Waals surface area contributed by atoms with E-state index in [4.69, 9.17) is 4.74 Å². The highest BCUT2D eigenvalue weighted by Gasteiger charge is 2.10. The zero-order valence-corrected chi connectivity index (χ0v) is 14.3. The first-order valence-electron chi connectivity index (χ1n) is 7.79. The number of anilines is 2. The minimum absolute atomic E-state index is 0.226. The molecule has 0 saturated carbocycles. The van der Waals surface area contributed by atoms with Gasteiger partial charge in [0.15, 0.2) is 0 Å². The Labute approximate surface area is 149 Å². The van der Waals surface area contributed by atoms with Crippen molar-refractivity contribution < 1.29 is 14.3 Å². The van der Waals surface area contributed by atoms with Gasteiger partial charge in [0.05, 0.1) is 18.5 Å². The lowest BCUT2D eigenvalue weighted by Gasteiger charge is -2.12. The number of amides is 2. The fourth-order valence-electron chi connectivity index (χ4n) is 2.38. The van der Waals surface area contributed by atoms with Gasteiger partial charge >= 0.3 is 0 Å². The van der Waals surface area contributed by atoms with Gasteiger partial charge in [-0.15, -0.1) is 0 Å². The standard InChI is InChI=1S/C18H17N5O3/c1-12(24)21-16-9-14(5-8-17(16)26-2)22-18(25)13-3-6-15(7-4-13)23-11-19-10-20-23/h3-11H,1-2H3,(H,21,24)(H,22,25). The largest absolute Gasteiger partial charge is 0.495 e. The molecule has 0 bridgehead atoms. The summed E-state index contributed by atoms with van der Waals surface area (Å²) >= 11 is 0. The number of methoxy groups -OCH3 is 1. The van der Waals surface area contributed by atoms with E-state index in [1.165, 1.54) is 20.4 Å². The summed E-state index contributed by atoms with van der Waals surface area (Å²) < 4.78 is 6.80. The molecule has 0 fully saturated rings. The Hall–Kier alpha value is -3.68. The number of rotatable bonds is 5. The summed E-state index contributed by atoms with van der Waals surface area (Å²) in [7, 11) is 1.51. The smallest absolute Gasteiger partial charge is 0.255 e. The van der Waals surface area contributed by atoms with Crippen molar-refractivity contribution in [3.8, 4) is 11.4 Å². The maximum atomic E-state index is 12.4. The number of nitrogens with zero attached hydrogens (tertiary/aromatic N) is 3. The maximum Gasteiger partial charge on any atom is 0.255 e. The molecule has 2 aromatic carbocycles. The first kappa shape index (κ1) is 17.2. The van der Waals surface area contributed by atoms with Crippen LogP contribution in [0.4, 0.5) is 11.4 Å². The highest BCUT2D eigenvalue weighted by atomic mass is 16.5. The number of ether oxygens (including phenoxy) is 1. The van der Waals surface area contributed by atoms with E-state index >= 15 is 0 Å². The van der Waals surface area contributed by atoms with Crippen LogP contribution in [0.3, 0.4) is 0 Å². The molecule has 2 amide bonds. The molecule has 2 N–H and O–H groups in total. The van der Waals surface area contributed by atoms with Crippen LogP contribution in [-0.2, 0) is 4.79 Å². The Morgan fingerprint density at radius 3 is 2.46 bits per heavy atom. The zero-order chi connectivity index (χ0) is 18.5. The Morgan fingerprint density at radius 1 is 1.08 bits per heavy atom. The van der Waals surface area contributed by atoms with Gasteiger partial charge in [-0.3, -0.25) is 9.59 Å². The van der Waals surface area contributed by atoms with Crippen LogP contribution in [0.2, 0.25) is 0 Å². The molecule has 26 heavy (non-hydrogen) atoms. The molecule has 0 saturated heterocycles. The van der Waals surface area contributed by atoms with Crippen LogP contribution in [0.15, 0.2) is 55.1 Å². The fraction of sp³-hybridized carbons (Fsp3) is 0.111. The average molecular weight is 351 g/mol. The number of carbonyl (C=O) groups is 2. The monoisotopic (exact) mass is 351 g/mol. The fourth-order valence-corrected chi connectivity index (χ4v) is 2.38. The van der Waals surface area contributed by atoms with E-state index in [1.807, 2.05) is 0 Å². The minimum Gasteiger partial charge on any atom is -0.495 e. The van der Waals surface area contributed by atoms with Crippen LogP contribution in [-0.4, -0.2) is 33.7 Å².